The fourth-order valence-corrected chi connectivity index (χ4v) is 5.89. The normalized spacial score (nSPS) is 20.1. The molecule has 0 aromatic heterocycles. The molecule has 2 fully saturated rings. The van der Waals surface area contributed by atoms with Crippen molar-refractivity contribution in [3.8, 4) is 0 Å². The number of piperidine rings is 1. The van der Waals surface area contributed by atoms with Gasteiger partial charge in [0.2, 0.25) is 0 Å². The topological polar surface area (TPSA) is 38.8 Å². The highest BCUT2D eigenvalue weighted by Crippen LogP contribution is 2.35. The lowest BCUT2D eigenvalue weighted by Crippen LogP contribution is -2.62. The van der Waals surface area contributed by atoms with E-state index in [1.807, 2.05) is 17.0 Å². The Labute approximate surface area is 202 Å². The number of fused-ring (bicyclic) bond motifs is 1. The summed E-state index contributed by atoms with van der Waals surface area (Å²) in [6.45, 7) is 5.04. The molecule has 3 aromatic rings. The van der Waals surface area contributed by atoms with Crippen molar-refractivity contribution < 1.29 is 4.79 Å². The second-order valence-electron chi connectivity index (χ2n) is 9.81. The van der Waals surface area contributed by atoms with Gasteiger partial charge >= 0.3 is 6.03 Å². The molecule has 2 saturated heterocycles. The van der Waals surface area contributed by atoms with Crippen LogP contribution in [0.5, 0.6) is 0 Å². The fourth-order valence-electron chi connectivity index (χ4n) is 5.89. The number of para-hydroxylation sites is 1. The maximum Gasteiger partial charge on any atom is 0.322 e. The average Bonchev–Trinajstić information content (AvgIpc) is 2.87. The summed E-state index contributed by atoms with van der Waals surface area (Å²) in [5.74, 6) is 0. The van der Waals surface area contributed by atoms with Crippen LogP contribution in [0.2, 0.25) is 0 Å². The highest BCUT2D eigenvalue weighted by molar-refractivity contribution is 5.92. The zero-order valence-corrected chi connectivity index (χ0v) is 19.5. The molecule has 0 spiro atoms. The number of urea groups is 1. The van der Waals surface area contributed by atoms with Gasteiger partial charge in [-0.1, -0.05) is 78.9 Å². The van der Waals surface area contributed by atoms with Crippen LogP contribution in [0.4, 0.5) is 10.5 Å². The SMILES string of the molecule is O=C1Nc2ccccc2CN1C1CCN(C2CN(C(c3ccccc3)c3ccccc3)C2)CC1. The summed E-state index contributed by atoms with van der Waals surface area (Å²) < 4.78 is 0. The van der Waals surface area contributed by atoms with Gasteiger partial charge in [-0.3, -0.25) is 9.80 Å². The van der Waals surface area contributed by atoms with Crippen LogP contribution in [-0.2, 0) is 6.54 Å². The molecule has 2 amide bonds. The van der Waals surface area contributed by atoms with Crippen LogP contribution in [0.15, 0.2) is 84.9 Å². The number of carbonyl (C=O) groups is 1. The Morgan fingerprint density at radius 2 is 1.32 bits per heavy atom. The highest BCUT2D eigenvalue weighted by Gasteiger charge is 2.39. The minimum atomic E-state index is 0.0560. The largest absolute Gasteiger partial charge is 0.322 e. The molecule has 0 unspecified atom stereocenters. The molecule has 174 valence electrons. The van der Waals surface area contributed by atoms with Crippen LogP contribution in [-0.4, -0.2) is 59.0 Å². The zero-order chi connectivity index (χ0) is 22.9. The first kappa shape index (κ1) is 21.4. The van der Waals surface area contributed by atoms with Gasteiger partial charge in [-0.05, 0) is 35.6 Å². The van der Waals surface area contributed by atoms with E-state index in [1.54, 1.807) is 0 Å². The molecule has 5 nitrogen and oxygen atoms in total. The van der Waals surface area contributed by atoms with Crippen molar-refractivity contribution in [2.24, 2.45) is 0 Å². The predicted molar refractivity (Wildman–Crippen MR) is 136 cm³/mol. The Bertz CT molecular complexity index is 1080. The molecule has 1 N–H and O–H groups in total. The van der Waals surface area contributed by atoms with Crippen molar-refractivity contribution in [1.82, 2.24) is 14.7 Å². The van der Waals surface area contributed by atoms with Crippen LogP contribution in [0, 0.1) is 0 Å². The zero-order valence-electron chi connectivity index (χ0n) is 19.5. The standard InChI is InChI=1S/C29H32N4O/c34-29-30-27-14-8-7-13-24(27)19-33(29)25-15-17-31(18-16-25)26-20-32(21-26)28(22-9-3-1-4-10-22)23-11-5-2-6-12-23/h1-14,25-26,28H,15-21H2,(H,30,34). The van der Waals surface area contributed by atoms with E-state index in [1.165, 1.54) is 16.7 Å². The summed E-state index contributed by atoms with van der Waals surface area (Å²) in [6.07, 6.45) is 2.10. The Balaban J connectivity index is 1.07. The number of nitrogens with one attached hydrogen (secondary N) is 1. The van der Waals surface area contributed by atoms with Crippen LogP contribution in [0.1, 0.15) is 35.6 Å². The highest BCUT2D eigenvalue weighted by atomic mass is 16.2. The molecular formula is C29H32N4O. The van der Waals surface area contributed by atoms with Crippen molar-refractivity contribution in [1.29, 1.82) is 0 Å². The Morgan fingerprint density at radius 1 is 0.735 bits per heavy atom. The van der Waals surface area contributed by atoms with Crippen LogP contribution in [0.3, 0.4) is 0 Å². The molecule has 3 aromatic carbocycles. The molecule has 3 aliphatic heterocycles. The van der Waals surface area contributed by atoms with Gasteiger partial charge in [-0.2, -0.15) is 0 Å². The van der Waals surface area contributed by atoms with E-state index in [-0.39, 0.29) is 6.03 Å². The quantitative estimate of drug-likeness (QED) is 0.594. The van der Waals surface area contributed by atoms with Gasteiger partial charge in [0.25, 0.3) is 0 Å². The van der Waals surface area contributed by atoms with Gasteiger partial charge in [0.1, 0.15) is 0 Å². The number of benzene rings is 3. The molecule has 0 atom stereocenters. The van der Waals surface area contributed by atoms with Gasteiger partial charge in [0, 0.05) is 50.5 Å². The third-order valence-corrected chi connectivity index (χ3v) is 7.80. The summed E-state index contributed by atoms with van der Waals surface area (Å²) in [6, 6.07) is 31.2. The fraction of sp³-hybridized carbons (Fsp3) is 0.345. The molecule has 6 rings (SSSR count). The van der Waals surface area contributed by atoms with E-state index in [0.29, 0.717) is 18.1 Å². The molecule has 5 heteroatoms. The molecule has 0 aliphatic carbocycles. The monoisotopic (exact) mass is 452 g/mol. The first-order valence-corrected chi connectivity index (χ1v) is 12.5. The lowest BCUT2D eigenvalue weighted by molar-refractivity contribution is -0.00583. The Morgan fingerprint density at radius 3 is 1.97 bits per heavy atom. The van der Waals surface area contributed by atoms with Gasteiger partial charge in [-0.15, -0.1) is 0 Å². The minimum Gasteiger partial charge on any atom is -0.317 e. The number of carbonyl (C=O) groups excluding carboxylic acids is 1. The third-order valence-electron chi connectivity index (χ3n) is 7.80. The Kier molecular flexibility index (Phi) is 5.81. The van der Waals surface area contributed by atoms with Crippen LogP contribution < -0.4 is 5.32 Å². The molecule has 0 bridgehead atoms. The van der Waals surface area contributed by atoms with Gasteiger partial charge in [0.05, 0.1) is 6.04 Å². The maximum absolute atomic E-state index is 12.7. The number of rotatable bonds is 5. The number of nitrogens with zero attached hydrogens (tertiary/aromatic N) is 3. The predicted octanol–water partition coefficient (Wildman–Crippen LogP) is 4.97. The Hall–Kier alpha value is -3.15. The van der Waals surface area contributed by atoms with Gasteiger partial charge in [-0.25, -0.2) is 4.79 Å². The first-order chi connectivity index (χ1) is 16.8. The molecular weight excluding hydrogens is 420 g/mol. The second kappa shape index (κ2) is 9.24. The summed E-state index contributed by atoms with van der Waals surface area (Å²) in [5.41, 5.74) is 4.90. The summed E-state index contributed by atoms with van der Waals surface area (Å²) in [4.78, 5) is 20.0. The lowest BCUT2D eigenvalue weighted by Gasteiger charge is -2.51. The lowest BCUT2D eigenvalue weighted by atomic mass is 9.91. The molecule has 3 heterocycles. The van der Waals surface area contributed by atoms with Crippen molar-refractivity contribution >= 4 is 11.7 Å². The number of likely N-dealkylation sites (tertiary alicyclic amines) is 2. The summed E-state index contributed by atoms with van der Waals surface area (Å²) in [5, 5.41) is 3.08. The van der Waals surface area contributed by atoms with Gasteiger partial charge < -0.3 is 10.2 Å². The van der Waals surface area contributed by atoms with E-state index in [9.17, 15) is 4.79 Å². The van der Waals surface area contributed by atoms with Crippen LogP contribution in [0.25, 0.3) is 0 Å². The maximum atomic E-state index is 12.7. The third kappa shape index (κ3) is 4.10. The molecule has 0 radical (unpaired) electrons. The molecule has 34 heavy (non-hydrogen) atoms. The second-order valence-corrected chi connectivity index (χ2v) is 9.81. The van der Waals surface area contributed by atoms with Crippen molar-refractivity contribution in [2.45, 2.75) is 37.5 Å². The molecule has 0 saturated carbocycles. The summed E-state index contributed by atoms with van der Waals surface area (Å²) in [7, 11) is 0. The van der Waals surface area contributed by atoms with E-state index in [0.717, 1.165) is 51.3 Å². The first-order valence-electron chi connectivity index (χ1n) is 12.5. The number of hydrogen-bond donors (Lipinski definition) is 1. The van der Waals surface area contributed by atoms with E-state index < -0.39 is 0 Å². The van der Waals surface area contributed by atoms with Crippen LogP contribution >= 0.6 is 0 Å². The number of anilines is 1. The van der Waals surface area contributed by atoms with E-state index >= 15 is 0 Å². The van der Waals surface area contributed by atoms with E-state index in [2.05, 4.69) is 87.9 Å². The average molecular weight is 453 g/mol. The van der Waals surface area contributed by atoms with Crippen molar-refractivity contribution in [3.63, 3.8) is 0 Å². The molecule has 3 aliphatic rings. The minimum absolute atomic E-state index is 0.0560. The number of hydrogen-bond acceptors (Lipinski definition) is 3. The smallest absolute Gasteiger partial charge is 0.317 e. The van der Waals surface area contributed by atoms with Gasteiger partial charge in [0.15, 0.2) is 0 Å². The summed E-state index contributed by atoms with van der Waals surface area (Å²) >= 11 is 0. The van der Waals surface area contributed by atoms with E-state index in [4.69, 9.17) is 0 Å². The number of amides is 2. The van der Waals surface area contributed by atoms with Crippen molar-refractivity contribution in [2.75, 3.05) is 31.5 Å². The van der Waals surface area contributed by atoms with Crippen molar-refractivity contribution in [3.05, 3.63) is 102 Å².